The zero-order chi connectivity index (χ0) is 19.6. The highest BCUT2D eigenvalue weighted by Crippen LogP contribution is 2.33. The van der Waals surface area contributed by atoms with Crippen LogP contribution in [0, 0.1) is 20.8 Å². The third-order valence-electron chi connectivity index (χ3n) is 4.37. The van der Waals surface area contributed by atoms with Crippen molar-refractivity contribution in [1.82, 2.24) is 15.3 Å². The lowest BCUT2D eigenvalue weighted by molar-refractivity contribution is 0.0924. The van der Waals surface area contributed by atoms with Gasteiger partial charge in [0, 0.05) is 23.5 Å². The molecule has 0 radical (unpaired) electrons. The fourth-order valence-corrected chi connectivity index (χ4v) is 3.86. The summed E-state index contributed by atoms with van der Waals surface area (Å²) in [6.07, 6.45) is -0.560. The number of rotatable bonds is 6. The molecular weight excluding hydrogens is 360 g/mol. The van der Waals surface area contributed by atoms with Crippen molar-refractivity contribution >= 4 is 33.3 Å². The van der Waals surface area contributed by atoms with Gasteiger partial charge in [0.2, 0.25) is 0 Å². The smallest absolute Gasteiger partial charge is 0.251 e. The van der Waals surface area contributed by atoms with Crippen LogP contribution in [-0.4, -0.2) is 33.6 Å². The van der Waals surface area contributed by atoms with Crippen LogP contribution in [0.1, 0.15) is 39.1 Å². The molecule has 0 aliphatic rings. The van der Waals surface area contributed by atoms with E-state index in [0.29, 0.717) is 12.1 Å². The molecule has 0 saturated heterocycles. The van der Waals surface area contributed by atoms with Crippen LogP contribution in [0.2, 0.25) is 0 Å². The van der Waals surface area contributed by atoms with E-state index in [4.69, 9.17) is 0 Å². The molecule has 0 aliphatic carbocycles. The second kappa shape index (κ2) is 8.02. The van der Waals surface area contributed by atoms with Crippen molar-refractivity contribution < 1.29 is 9.90 Å². The van der Waals surface area contributed by atoms with Crippen LogP contribution in [0.15, 0.2) is 24.3 Å². The maximum absolute atomic E-state index is 12.0. The minimum Gasteiger partial charge on any atom is -0.392 e. The van der Waals surface area contributed by atoms with Gasteiger partial charge in [-0.25, -0.2) is 9.97 Å². The van der Waals surface area contributed by atoms with E-state index in [2.05, 4.69) is 34.4 Å². The van der Waals surface area contributed by atoms with E-state index in [1.807, 2.05) is 19.1 Å². The molecule has 7 heteroatoms. The maximum atomic E-state index is 12.0. The van der Waals surface area contributed by atoms with Gasteiger partial charge in [0.1, 0.15) is 16.5 Å². The number of nitrogens with one attached hydrogen (secondary N) is 2. The number of aliphatic hydroxyl groups excluding tert-OH is 1. The molecule has 3 rings (SSSR count). The number of carbonyl (C=O) groups excluding carboxylic acids is 1. The van der Waals surface area contributed by atoms with Crippen LogP contribution >= 0.6 is 11.3 Å². The zero-order valence-corrected chi connectivity index (χ0v) is 16.8. The van der Waals surface area contributed by atoms with Crippen molar-refractivity contribution in [2.24, 2.45) is 0 Å². The molecule has 0 saturated carbocycles. The van der Waals surface area contributed by atoms with Crippen LogP contribution in [0.3, 0.4) is 0 Å². The first-order chi connectivity index (χ1) is 12.8. The fourth-order valence-electron chi connectivity index (χ4n) is 2.79. The highest BCUT2D eigenvalue weighted by Gasteiger charge is 2.13. The lowest BCUT2D eigenvalue weighted by Gasteiger charge is -2.10. The van der Waals surface area contributed by atoms with Gasteiger partial charge in [-0.05, 0) is 51.0 Å². The molecular formula is C20H24N4O2S. The molecule has 0 bridgehead atoms. The Morgan fingerprint density at radius 2 is 1.89 bits per heavy atom. The number of benzene rings is 1. The summed E-state index contributed by atoms with van der Waals surface area (Å²) in [7, 11) is 0. The van der Waals surface area contributed by atoms with Crippen molar-refractivity contribution in [2.45, 2.75) is 40.3 Å². The van der Waals surface area contributed by atoms with E-state index >= 15 is 0 Å². The van der Waals surface area contributed by atoms with Gasteiger partial charge in [-0.3, -0.25) is 4.79 Å². The van der Waals surface area contributed by atoms with Gasteiger partial charge in [-0.15, -0.1) is 11.3 Å². The van der Waals surface area contributed by atoms with Gasteiger partial charge >= 0.3 is 0 Å². The molecule has 0 aliphatic heterocycles. The minimum atomic E-state index is -0.560. The van der Waals surface area contributed by atoms with Crippen molar-refractivity contribution in [2.75, 3.05) is 11.9 Å². The molecule has 6 nitrogen and oxygen atoms in total. The second-order valence-electron chi connectivity index (χ2n) is 6.69. The summed E-state index contributed by atoms with van der Waals surface area (Å²) in [4.78, 5) is 23.4. The van der Waals surface area contributed by atoms with Crippen LogP contribution < -0.4 is 10.6 Å². The van der Waals surface area contributed by atoms with Crippen molar-refractivity contribution in [1.29, 1.82) is 0 Å². The van der Waals surface area contributed by atoms with E-state index < -0.39 is 6.10 Å². The van der Waals surface area contributed by atoms with E-state index in [9.17, 15) is 9.90 Å². The van der Waals surface area contributed by atoms with E-state index in [-0.39, 0.29) is 12.5 Å². The Kier molecular flexibility index (Phi) is 5.72. The number of hydrogen-bond donors (Lipinski definition) is 3. The van der Waals surface area contributed by atoms with Gasteiger partial charge in [-0.2, -0.15) is 0 Å². The average Bonchev–Trinajstić information content (AvgIpc) is 2.91. The Morgan fingerprint density at radius 1 is 1.19 bits per heavy atom. The summed E-state index contributed by atoms with van der Waals surface area (Å²) in [5, 5.41) is 16.4. The fraction of sp³-hybridized carbons (Fsp3) is 0.350. The summed E-state index contributed by atoms with van der Waals surface area (Å²) in [6.45, 7) is 8.58. The lowest BCUT2D eigenvalue weighted by atomic mass is 10.1. The quantitative estimate of drug-likeness (QED) is 0.607. The molecule has 1 atom stereocenters. The molecule has 0 spiro atoms. The Morgan fingerprint density at radius 3 is 2.56 bits per heavy atom. The Bertz CT molecular complexity index is 964. The van der Waals surface area contributed by atoms with E-state index in [1.54, 1.807) is 30.4 Å². The number of nitrogens with zero attached hydrogens (tertiary/aromatic N) is 2. The molecule has 3 N–H and O–H groups in total. The predicted octanol–water partition coefficient (Wildman–Crippen LogP) is 3.34. The summed E-state index contributed by atoms with van der Waals surface area (Å²) in [5.74, 6) is 1.40. The zero-order valence-electron chi connectivity index (χ0n) is 16.0. The number of hydrogen-bond acceptors (Lipinski definition) is 6. The number of fused-ring (bicyclic) bond motifs is 1. The summed E-state index contributed by atoms with van der Waals surface area (Å²) in [6, 6.07) is 7.41. The molecule has 0 fully saturated rings. The molecule has 27 heavy (non-hydrogen) atoms. The normalized spacial score (nSPS) is 12.2. The number of aromatic nitrogens is 2. The molecule has 2 aromatic heterocycles. The first-order valence-electron chi connectivity index (χ1n) is 8.88. The van der Waals surface area contributed by atoms with Crippen molar-refractivity contribution in [3.8, 4) is 0 Å². The topological polar surface area (TPSA) is 87.1 Å². The van der Waals surface area contributed by atoms with Crippen LogP contribution in [0.25, 0.3) is 10.2 Å². The molecule has 142 valence electrons. The average molecular weight is 385 g/mol. The van der Waals surface area contributed by atoms with Gasteiger partial charge < -0.3 is 15.7 Å². The number of thiophene rings is 1. The Labute approximate surface area is 162 Å². The third-order valence-corrected chi connectivity index (χ3v) is 5.48. The first kappa shape index (κ1) is 19.3. The largest absolute Gasteiger partial charge is 0.392 e. The van der Waals surface area contributed by atoms with Gasteiger partial charge in [-0.1, -0.05) is 12.1 Å². The maximum Gasteiger partial charge on any atom is 0.251 e. The summed E-state index contributed by atoms with van der Waals surface area (Å²) in [5.41, 5.74) is 2.84. The number of carbonyl (C=O) groups is 1. The van der Waals surface area contributed by atoms with Gasteiger partial charge in [0.05, 0.1) is 11.5 Å². The third kappa shape index (κ3) is 4.43. The Hall–Kier alpha value is -2.51. The molecule has 2 heterocycles. The monoisotopic (exact) mass is 384 g/mol. The number of aryl methyl sites for hydroxylation is 3. The predicted molar refractivity (Wildman–Crippen MR) is 109 cm³/mol. The molecule has 1 aromatic carbocycles. The van der Waals surface area contributed by atoms with Gasteiger partial charge in [0.25, 0.3) is 5.91 Å². The van der Waals surface area contributed by atoms with Crippen LogP contribution in [0.5, 0.6) is 0 Å². The first-order valence-corrected chi connectivity index (χ1v) is 9.70. The summed E-state index contributed by atoms with van der Waals surface area (Å²) >= 11 is 1.69. The van der Waals surface area contributed by atoms with E-state index in [0.717, 1.165) is 27.4 Å². The number of aliphatic hydroxyl groups is 1. The van der Waals surface area contributed by atoms with Gasteiger partial charge in [0.15, 0.2) is 0 Å². The lowest BCUT2D eigenvalue weighted by Crippen LogP contribution is -2.30. The molecule has 3 aromatic rings. The molecule has 1 amide bonds. The van der Waals surface area contributed by atoms with Crippen molar-refractivity contribution in [3.05, 3.63) is 51.7 Å². The Balaban J connectivity index is 1.72. The SMILES string of the molecule is Cc1nc(NCc2ccc(C(=O)NCC(C)O)cc2)c2c(C)c(C)sc2n1. The number of anilines is 1. The van der Waals surface area contributed by atoms with E-state index in [1.165, 1.54) is 10.4 Å². The van der Waals surface area contributed by atoms with Crippen LogP contribution in [0.4, 0.5) is 5.82 Å². The number of amides is 1. The highest BCUT2D eigenvalue weighted by molar-refractivity contribution is 7.18. The molecule has 1 unspecified atom stereocenters. The highest BCUT2D eigenvalue weighted by atomic mass is 32.1. The minimum absolute atomic E-state index is 0.187. The second-order valence-corrected chi connectivity index (χ2v) is 7.90. The van der Waals surface area contributed by atoms with Crippen LogP contribution in [-0.2, 0) is 6.54 Å². The standard InChI is InChI=1S/C20H24N4O2S/c1-11(25)9-22-19(26)16-7-5-15(6-8-16)10-21-18-17-12(2)13(3)27-20(17)24-14(4)23-18/h5-8,11,25H,9-10H2,1-4H3,(H,22,26)(H,21,23,24). The summed E-state index contributed by atoms with van der Waals surface area (Å²) < 4.78 is 0. The van der Waals surface area contributed by atoms with Crippen molar-refractivity contribution in [3.63, 3.8) is 0 Å².